The van der Waals surface area contributed by atoms with E-state index in [4.69, 9.17) is 18.8 Å². The summed E-state index contributed by atoms with van der Waals surface area (Å²) in [6, 6.07) is 42.5. The lowest BCUT2D eigenvalue weighted by Crippen LogP contribution is -1.90. The fraction of sp³-hybridized carbons (Fsp3) is 0. The number of fused-ring (bicyclic) bond motifs is 12. The van der Waals surface area contributed by atoms with Crippen molar-refractivity contribution < 1.29 is 8.83 Å². The van der Waals surface area contributed by atoms with E-state index >= 15 is 0 Å². The van der Waals surface area contributed by atoms with Crippen molar-refractivity contribution in [3.05, 3.63) is 134 Å². The Labute approximate surface area is 250 Å². The van der Waals surface area contributed by atoms with Crippen LogP contribution in [-0.4, -0.2) is 9.97 Å². The second kappa shape index (κ2) is 8.76. The van der Waals surface area contributed by atoms with Crippen molar-refractivity contribution in [1.82, 2.24) is 9.97 Å². The maximum absolute atomic E-state index is 6.42. The third-order valence-corrected chi connectivity index (χ3v) is 8.97. The minimum atomic E-state index is 0.895. The Hall–Kier alpha value is -6.00. The second-order valence-corrected chi connectivity index (χ2v) is 11.3. The maximum atomic E-state index is 6.42. The Kier molecular flexibility index (Phi) is 4.69. The number of hydrogen-bond acceptors (Lipinski definition) is 4. The van der Waals surface area contributed by atoms with Gasteiger partial charge in [0.25, 0.3) is 0 Å². The smallest absolute Gasteiger partial charge is 0.143 e. The van der Waals surface area contributed by atoms with Crippen LogP contribution in [0, 0.1) is 0 Å². The predicted octanol–water partition coefficient (Wildman–Crippen LogP) is 11.1. The lowest BCUT2D eigenvalue weighted by atomic mass is 9.92. The number of rotatable bonds is 2. The van der Waals surface area contributed by atoms with E-state index in [2.05, 4.69) is 97.1 Å². The molecule has 3 aromatic heterocycles. The Morgan fingerprint density at radius 3 is 1.32 bits per heavy atom. The van der Waals surface area contributed by atoms with Crippen LogP contribution in [0.1, 0.15) is 0 Å². The fourth-order valence-corrected chi connectivity index (χ4v) is 6.96. The van der Waals surface area contributed by atoms with Gasteiger partial charge in [-0.1, -0.05) is 97.1 Å². The van der Waals surface area contributed by atoms with Crippen LogP contribution in [0.5, 0.6) is 0 Å². The van der Waals surface area contributed by atoms with E-state index in [1.807, 2.05) is 24.3 Å². The maximum Gasteiger partial charge on any atom is 0.143 e. The summed E-state index contributed by atoms with van der Waals surface area (Å²) >= 11 is 0. The van der Waals surface area contributed by atoms with Gasteiger partial charge in [0.1, 0.15) is 22.3 Å². The van der Waals surface area contributed by atoms with Crippen molar-refractivity contribution in [2.75, 3.05) is 0 Å². The van der Waals surface area contributed by atoms with Crippen molar-refractivity contribution in [2.24, 2.45) is 0 Å². The first-order chi connectivity index (χ1) is 21.8. The van der Waals surface area contributed by atoms with E-state index in [0.29, 0.717) is 0 Å². The quantitative estimate of drug-likeness (QED) is 0.197. The normalized spacial score (nSPS) is 12.1. The lowest BCUT2D eigenvalue weighted by molar-refractivity contribution is 0.669. The molecule has 0 saturated heterocycles. The van der Waals surface area contributed by atoms with E-state index in [1.165, 1.54) is 0 Å². The van der Waals surface area contributed by atoms with Gasteiger partial charge < -0.3 is 8.83 Å². The molecule has 0 unspecified atom stereocenters. The van der Waals surface area contributed by atoms with E-state index < -0.39 is 0 Å². The van der Waals surface area contributed by atoms with Crippen molar-refractivity contribution in [3.8, 4) is 22.3 Å². The highest BCUT2D eigenvalue weighted by atomic mass is 16.3. The monoisotopic (exact) mass is 562 g/mol. The van der Waals surface area contributed by atoms with Gasteiger partial charge in [-0.15, -0.1) is 0 Å². The van der Waals surface area contributed by atoms with Crippen LogP contribution in [0.2, 0.25) is 0 Å². The average molecular weight is 563 g/mol. The van der Waals surface area contributed by atoms with Gasteiger partial charge >= 0.3 is 0 Å². The van der Waals surface area contributed by atoms with Gasteiger partial charge in [0, 0.05) is 55.8 Å². The number of hydrogen-bond donors (Lipinski definition) is 0. The molecule has 10 rings (SSSR count). The minimum absolute atomic E-state index is 0.895. The number of para-hydroxylation sites is 4. The molecule has 0 saturated carbocycles. The van der Waals surface area contributed by atoms with Crippen LogP contribution in [0.4, 0.5) is 0 Å². The summed E-state index contributed by atoms with van der Waals surface area (Å²) in [4.78, 5) is 9.58. The first-order valence-electron chi connectivity index (χ1n) is 14.7. The van der Waals surface area contributed by atoms with Crippen molar-refractivity contribution >= 4 is 76.5 Å². The van der Waals surface area contributed by atoms with E-state index in [0.717, 1.165) is 98.7 Å². The van der Waals surface area contributed by atoms with Crippen LogP contribution in [0.25, 0.3) is 98.7 Å². The topological polar surface area (TPSA) is 52.1 Å². The zero-order chi connectivity index (χ0) is 28.8. The average Bonchev–Trinajstić information content (AvgIpc) is 3.67. The van der Waals surface area contributed by atoms with Crippen molar-refractivity contribution in [2.45, 2.75) is 0 Å². The van der Waals surface area contributed by atoms with E-state index in [-0.39, 0.29) is 0 Å². The number of benzene rings is 7. The summed E-state index contributed by atoms with van der Waals surface area (Å²) < 4.78 is 12.8. The number of aromatic nitrogens is 2. The first-order valence-corrected chi connectivity index (χ1v) is 14.7. The fourth-order valence-electron chi connectivity index (χ4n) is 6.96. The molecule has 3 heterocycles. The van der Waals surface area contributed by atoms with Gasteiger partial charge in [-0.2, -0.15) is 0 Å². The first kappa shape index (κ1) is 23.6. The van der Waals surface area contributed by atoms with Crippen LogP contribution in [0.3, 0.4) is 0 Å². The molecule has 0 spiro atoms. The Morgan fingerprint density at radius 1 is 0.364 bits per heavy atom. The molecule has 0 amide bonds. The third kappa shape index (κ3) is 3.22. The molecule has 0 aliphatic rings. The van der Waals surface area contributed by atoms with Gasteiger partial charge in [0.2, 0.25) is 0 Å². The van der Waals surface area contributed by atoms with Gasteiger partial charge in [0.15, 0.2) is 0 Å². The molecule has 4 heteroatoms. The molecule has 0 atom stereocenters. The van der Waals surface area contributed by atoms with E-state index in [1.54, 1.807) is 12.4 Å². The summed E-state index contributed by atoms with van der Waals surface area (Å²) in [5.41, 5.74) is 9.70. The highest BCUT2D eigenvalue weighted by Gasteiger charge is 2.17. The number of nitrogens with zero attached hydrogens (tertiary/aromatic N) is 2. The standard InChI is InChI=1S/C40H22N2O2/c1-3-13-35-27(7-1)31-11-5-9-25(39(31)43-35)23-15-17-29-33(21-23)34-22-24(16-18-30(34)38-37(29)41-19-20-42-38)26-10-6-12-32-28-8-2-4-14-36(28)44-40(26)32/h1-22H. The minimum Gasteiger partial charge on any atom is -0.455 e. The molecule has 0 aliphatic heterocycles. The van der Waals surface area contributed by atoms with Crippen LogP contribution in [0.15, 0.2) is 143 Å². The summed E-state index contributed by atoms with van der Waals surface area (Å²) in [6.45, 7) is 0. The molecular weight excluding hydrogens is 540 g/mol. The molecule has 7 aromatic carbocycles. The Balaban J connectivity index is 1.27. The SMILES string of the molecule is c1ccc2c(c1)oc1c(-c3ccc4c(c3)c3cc(-c5cccc6c5oc5ccccc56)ccc3c3nccnc43)cccc12. The van der Waals surface area contributed by atoms with Crippen molar-refractivity contribution in [3.63, 3.8) is 0 Å². The summed E-state index contributed by atoms with van der Waals surface area (Å²) in [5, 5.41) is 8.87. The zero-order valence-corrected chi connectivity index (χ0v) is 23.4. The molecule has 0 radical (unpaired) electrons. The van der Waals surface area contributed by atoms with Gasteiger partial charge in [0.05, 0.1) is 11.0 Å². The Bertz CT molecular complexity index is 2590. The molecule has 0 fully saturated rings. The number of furan rings is 2. The summed E-state index contributed by atoms with van der Waals surface area (Å²) in [5.74, 6) is 0. The van der Waals surface area contributed by atoms with Gasteiger partial charge in [-0.3, -0.25) is 9.97 Å². The largest absolute Gasteiger partial charge is 0.455 e. The molecule has 4 nitrogen and oxygen atoms in total. The van der Waals surface area contributed by atoms with Crippen LogP contribution < -0.4 is 0 Å². The van der Waals surface area contributed by atoms with Crippen LogP contribution >= 0.6 is 0 Å². The molecular formula is C40H22N2O2. The molecule has 10 aromatic rings. The molecule has 0 bridgehead atoms. The predicted molar refractivity (Wildman–Crippen MR) is 180 cm³/mol. The summed E-state index contributed by atoms with van der Waals surface area (Å²) in [7, 11) is 0. The molecule has 0 N–H and O–H groups in total. The second-order valence-electron chi connectivity index (χ2n) is 11.3. The third-order valence-electron chi connectivity index (χ3n) is 8.97. The van der Waals surface area contributed by atoms with Gasteiger partial charge in [-0.05, 0) is 46.2 Å². The van der Waals surface area contributed by atoms with Crippen LogP contribution in [-0.2, 0) is 0 Å². The Morgan fingerprint density at radius 2 is 0.818 bits per heavy atom. The molecule has 0 aliphatic carbocycles. The highest BCUT2D eigenvalue weighted by Crippen LogP contribution is 2.42. The molecule has 44 heavy (non-hydrogen) atoms. The lowest BCUT2D eigenvalue weighted by Gasteiger charge is -2.13. The van der Waals surface area contributed by atoms with E-state index in [9.17, 15) is 0 Å². The molecule has 204 valence electrons. The van der Waals surface area contributed by atoms with Gasteiger partial charge in [-0.25, -0.2) is 0 Å². The summed E-state index contributed by atoms with van der Waals surface area (Å²) in [6.07, 6.45) is 3.54. The highest BCUT2D eigenvalue weighted by molar-refractivity contribution is 6.24. The zero-order valence-electron chi connectivity index (χ0n) is 23.4. The van der Waals surface area contributed by atoms with Crippen molar-refractivity contribution in [1.29, 1.82) is 0 Å².